The van der Waals surface area contributed by atoms with E-state index in [-0.39, 0.29) is 5.91 Å². The normalized spacial score (nSPS) is 10.7. The number of hydrogen-bond acceptors (Lipinski definition) is 4. The van der Waals surface area contributed by atoms with Crippen LogP contribution in [0.25, 0.3) is 0 Å². The summed E-state index contributed by atoms with van der Waals surface area (Å²) in [5, 5.41) is 6.98. The highest BCUT2D eigenvalue weighted by Crippen LogP contribution is 2.23. The Morgan fingerprint density at radius 1 is 1.11 bits per heavy atom. The molecule has 0 fully saturated rings. The molecule has 1 aromatic heterocycles. The maximum absolute atomic E-state index is 12.4. The first kappa shape index (κ1) is 19.6. The van der Waals surface area contributed by atoms with Crippen LogP contribution in [-0.4, -0.2) is 22.3 Å². The zero-order valence-corrected chi connectivity index (χ0v) is 16.4. The van der Waals surface area contributed by atoms with Crippen LogP contribution in [0, 0.1) is 13.8 Å². The van der Waals surface area contributed by atoms with Crippen molar-refractivity contribution in [2.24, 2.45) is 0 Å². The third-order valence-corrected chi connectivity index (χ3v) is 4.33. The Labute approximate surface area is 165 Å². The van der Waals surface area contributed by atoms with E-state index in [0.29, 0.717) is 31.2 Å². The monoisotopic (exact) mass is 379 g/mol. The second-order valence-electron chi connectivity index (χ2n) is 6.55. The second kappa shape index (κ2) is 9.19. The van der Waals surface area contributed by atoms with E-state index in [0.717, 1.165) is 22.4 Å². The first-order valence-electron chi connectivity index (χ1n) is 9.26. The zero-order valence-electron chi connectivity index (χ0n) is 16.4. The number of anilines is 1. The van der Waals surface area contributed by atoms with E-state index in [4.69, 9.17) is 9.47 Å². The van der Waals surface area contributed by atoms with Gasteiger partial charge >= 0.3 is 0 Å². The van der Waals surface area contributed by atoms with E-state index in [9.17, 15) is 4.79 Å². The second-order valence-corrected chi connectivity index (χ2v) is 6.55. The van der Waals surface area contributed by atoms with E-state index in [2.05, 4.69) is 10.4 Å². The molecule has 146 valence electrons. The van der Waals surface area contributed by atoms with Crippen molar-refractivity contribution in [1.29, 1.82) is 0 Å². The molecule has 0 spiro atoms. The number of nitrogens with one attached hydrogen (secondary N) is 1. The average molecular weight is 379 g/mol. The van der Waals surface area contributed by atoms with Crippen molar-refractivity contribution in [3.05, 3.63) is 77.1 Å². The lowest BCUT2D eigenvalue weighted by Gasteiger charge is -2.12. The molecule has 6 heteroatoms. The Morgan fingerprint density at radius 2 is 1.82 bits per heavy atom. The van der Waals surface area contributed by atoms with E-state index in [1.54, 1.807) is 29.2 Å². The number of carbonyl (C=O) groups excluding carboxylic acids is 1. The molecule has 2 aromatic carbocycles. The molecule has 3 rings (SSSR count). The fourth-order valence-electron chi connectivity index (χ4n) is 2.82. The van der Waals surface area contributed by atoms with Crippen LogP contribution in [0.15, 0.2) is 54.9 Å². The minimum Gasteiger partial charge on any atom is -0.488 e. The highest BCUT2D eigenvalue weighted by atomic mass is 16.5. The van der Waals surface area contributed by atoms with Crippen molar-refractivity contribution in [2.45, 2.75) is 34.1 Å². The summed E-state index contributed by atoms with van der Waals surface area (Å²) in [5.41, 5.74) is 4.44. The number of benzene rings is 2. The smallest absolute Gasteiger partial charge is 0.255 e. The third-order valence-electron chi connectivity index (χ3n) is 4.33. The predicted molar refractivity (Wildman–Crippen MR) is 108 cm³/mol. The number of aromatic nitrogens is 2. The fraction of sp³-hybridized carbons (Fsp3) is 0.273. The molecular formula is C22H25N3O3. The summed E-state index contributed by atoms with van der Waals surface area (Å²) >= 11 is 0. The lowest BCUT2D eigenvalue weighted by atomic mass is 10.1. The van der Waals surface area contributed by atoms with Crippen LogP contribution in [-0.2, 0) is 18.1 Å². The molecule has 0 aliphatic rings. The quantitative estimate of drug-likeness (QED) is 0.633. The summed E-state index contributed by atoms with van der Waals surface area (Å²) in [6.45, 7) is 7.42. The van der Waals surface area contributed by atoms with Crippen LogP contribution < -0.4 is 10.1 Å². The number of carbonyl (C=O) groups is 1. The van der Waals surface area contributed by atoms with Gasteiger partial charge in [-0.05, 0) is 49.6 Å². The van der Waals surface area contributed by atoms with Crippen molar-refractivity contribution in [3.8, 4) is 5.75 Å². The van der Waals surface area contributed by atoms with Gasteiger partial charge in [0.2, 0.25) is 0 Å². The molecule has 0 aliphatic carbocycles. The molecule has 1 N–H and O–H groups in total. The van der Waals surface area contributed by atoms with Crippen molar-refractivity contribution >= 4 is 11.6 Å². The number of para-hydroxylation sites is 1. The van der Waals surface area contributed by atoms with E-state index >= 15 is 0 Å². The zero-order chi connectivity index (χ0) is 19.9. The number of amides is 1. The molecule has 0 unspecified atom stereocenters. The predicted octanol–water partition coefficient (Wildman–Crippen LogP) is 4.33. The number of rotatable bonds is 8. The van der Waals surface area contributed by atoms with Crippen LogP contribution in [0.1, 0.15) is 34.0 Å². The van der Waals surface area contributed by atoms with Gasteiger partial charge < -0.3 is 14.8 Å². The highest BCUT2D eigenvalue weighted by molar-refractivity contribution is 6.04. The number of nitrogens with zero attached hydrogens (tertiary/aromatic N) is 2. The molecular weight excluding hydrogens is 354 g/mol. The molecule has 0 aliphatic heterocycles. The lowest BCUT2D eigenvalue weighted by molar-refractivity contribution is 0.0792. The van der Waals surface area contributed by atoms with Gasteiger partial charge in [-0.15, -0.1) is 0 Å². The van der Waals surface area contributed by atoms with Crippen molar-refractivity contribution in [1.82, 2.24) is 9.78 Å². The van der Waals surface area contributed by atoms with Gasteiger partial charge in [0.25, 0.3) is 5.91 Å². The third kappa shape index (κ3) is 4.98. The van der Waals surface area contributed by atoms with Gasteiger partial charge in [0.1, 0.15) is 19.1 Å². The van der Waals surface area contributed by atoms with Crippen LogP contribution in [0.4, 0.5) is 5.69 Å². The van der Waals surface area contributed by atoms with Gasteiger partial charge in [0.05, 0.1) is 18.1 Å². The van der Waals surface area contributed by atoms with Crippen LogP contribution in [0.2, 0.25) is 0 Å². The van der Waals surface area contributed by atoms with Crippen LogP contribution >= 0.6 is 0 Å². The van der Waals surface area contributed by atoms with Gasteiger partial charge in [-0.3, -0.25) is 4.79 Å². The molecule has 0 bridgehead atoms. The summed E-state index contributed by atoms with van der Waals surface area (Å²) in [5.74, 6) is 0.728. The Balaban J connectivity index is 1.57. The number of ether oxygens (including phenoxy) is 2. The first-order valence-corrected chi connectivity index (χ1v) is 9.26. The average Bonchev–Trinajstić information content (AvgIpc) is 3.13. The summed E-state index contributed by atoms with van der Waals surface area (Å²) in [4.78, 5) is 12.4. The maximum Gasteiger partial charge on any atom is 0.255 e. The number of hydrogen-bond donors (Lipinski definition) is 1. The Hall–Kier alpha value is -3.12. The molecule has 1 amide bonds. The molecule has 0 saturated heterocycles. The Morgan fingerprint density at radius 3 is 2.50 bits per heavy atom. The first-order chi connectivity index (χ1) is 13.6. The Kier molecular flexibility index (Phi) is 6.45. The topological polar surface area (TPSA) is 65.4 Å². The largest absolute Gasteiger partial charge is 0.488 e. The van der Waals surface area contributed by atoms with Gasteiger partial charge in [0, 0.05) is 12.2 Å². The van der Waals surface area contributed by atoms with Crippen LogP contribution in [0.3, 0.4) is 0 Å². The van der Waals surface area contributed by atoms with Crippen LogP contribution in [0.5, 0.6) is 5.75 Å². The van der Waals surface area contributed by atoms with Crippen molar-refractivity contribution < 1.29 is 14.3 Å². The lowest BCUT2D eigenvalue weighted by Crippen LogP contribution is -2.11. The van der Waals surface area contributed by atoms with Gasteiger partial charge in [-0.25, -0.2) is 4.68 Å². The van der Waals surface area contributed by atoms with Gasteiger partial charge in [-0.2, -0.15) is 5.10 Å². The summed E-state index contributed by atoms with van der Waals surface area (Å²) < 4.78 is 12.9. The van der Waals surface area contributed by atoms with Gasteiger partial charge in [-0.1, -0.05) is 30.3 Å². The summed E-state index contributed by atoms with van der Waals surface area (Å²) in [6.07, 6.45) is 3.34. The number of aryl methyl sites for hydroxylation is 2. The van der Waals surface area contributed by atoms with Crippen molar-refractivity contribution in [3.63, 3.8) is 0 Å². The minimum atomic E-state index is -0.182. The van der Waals surface area contributed by atoms with Gasteiger partial charge in [0.15, 0.2) is 0 Å². The minimum absolute atomic E-state index is 0.182. The molecule has 0 atom stereocenters. The Bertz CT molecular complexity index is 912. The van der Waals surface area contributed by atoms with E-state index < -0.39 is 0 Å². The highest BCUT2D eigenvalue weighted by Gasteiger charge is 2.09. The SMILES string of the molecule is CCOCn1cc(NC(=O)c2ccc(COc3c(C)cccc3C)cc2)cn1. The maximum atomic E-state index is 12.4. The summed E-state index contributed by atoms with van der Waals surface area (Å²) in [6, 6.07) is 13.5. The standard InChI is InChI=1S/C22H25N3O3/c1-4-27-15-25-13-20(12-23-25)24-22(26)19-10-8-18(9-11-19)14-28-21-16(2)6-5-7-17(21)3/h5-13H,4,14-15H2,1-3H3,(H,24,26). The van der Waals surface area contributed by atoms with Crippen molar-refractivity contribution in [2.75, 3.05) is 11.9 Å². The molecule has 0 radical (unpaired) electrons. The molecule has 1 heterocycles. The molecule has 6 nitrogen and oxygen atoms in total. The summed E-state index contributed by atoms with van der Waals surface area (Å²) in [7, 11) is 0. The molecule has 3 aromatic rings. The van der Waals surface area contributed by atoms with E-state index in [1.165, 1.54) is 0 Å². The molecule has 28 heavy (non-hydrogen) atoms. The molecule has 0 saturated carbocycles. The van der Waals surface area contributed by atoms with E-state index in [1.807, 2.05) is 51.1 Å². The fourth-order valence-corrected chi connectivity index (χ4v) is 2.82.